The Hall–Kier alpha value is -8.15. The molecule has 3 heterocycles. The second-order valence-corrected chi connectivity index (χ2v) is 15.3. The standard InChI is InChI=1S/C55H35N5/c1-3-15-37(16-4-1)53-56-54(38-17-5-2-6-18-38)58-55(57-53)39-26-30-42(31-27-39)59-49-23-11-9-21-44(49)46-32-28-41(35-52(46)59)40-29-33-51-47(34-40)45-22-10-12-24-50(45)60(51)48-25-13-19-36-14-7-8-20-43(36)48/h1-35H. The van der Waals surface area contributed by atoms with Crippen LogP contribution in [0.3, 0.4) is 0 Å². The molecule has 12 aromatic rings. The van der Waals surface area contributed by atoms with Crippen molar-refractivity contribution >= 4 is 54.4 Å². The lowest BCUT2D eigenvalue weighted by molar-refractivity contribution is 1.07. The van der Waals surface area contributed by atoms with Crippen molar-refractivity contribution in [3.05, 3.63) is 212 Å². The van der Waals surface area contributed by atoms with Crippen LogP contribution in [0, 0.1) is 0 Å². The van der Waals surface area contributed by atoms with Crippen molar-refractivity contribution in [2.75, 3.05) is 0 Å². The topological polar surface area (TPSA) is 48.5 Å². The molecule has 0 aliphatic carbocycles. The number of benzene rings is 9. The molecule has 0 atom stereocenters. The molecule has 0 radical (unpaired) electrons. The predicted octanol–water partition coefficient (Wildman–Crippen LogP) is 13.9. The average Bonchev–Trinajstić information content (AvgIpc) is 3.84. The molecule has 0 fully saturated rings. The Kier molecular flexibility index (Phi) is 7.78. The van der Waals surface area contributed by atoms with E-state index in [-0.39, 0.29) is 0 Å². The van der Waals surface area contributed by atoms with E-state index in [0.29, 0.717) is 17.5 Å². The molecular formula is C55H35N5. The average molecular weight is 766 g/mol. The van der Waals surface area contributed by atoms with Crippen molar-refractivity contribution in [1.29, 1.82) is 0 Å². The molecule has 0 saturated heterocycles. The Balaban J connectivity index is 0.984. The van der Waals surface area contributed by atoms with E-state index >= 15 is 0 Å². The Morgan fingerprint density at radius 2 is 0.733 bits per heavy atom. The van der Waals surface area contributed by atoms with Gasteiger partial charge in [0.05, 0.1) is 27.8 Å². The van der Waals surface area contributed by atoms with Crippen LogP contribution in [0.25, 0.3) is 111 Å². The van der Waals surface area contributed by atoms with Crippen LogP contribution >= 0.6 is 0 Å². The molecule has 280 valence electrons. The molecule has 0 amide bonds. The zero-order valence-electron chi connectivity index (χ0n) is 32.4. The summed E-state index contributed by atoms with van der Waals surface area (Å²) >= 11 is 0. The predicted molar refractivity (Wildman–Crippen MR) is 248 cm³/mol. The minimum absolute atomic E-state index is 0.635. The van der Waals surface area contributed by atoms with Gasteiger partial charge in [0.1, 0.15) is 0 Å². The molecule has 12 rings (SSSR count). The summed E-state index contributed by atoms with van der Waals surface area (Å²) < 4.78 is 4.80. The molecule has 60 heavy (non-hydrogen) atoms. The van der Waals surface area contributed by atoms with E-state index in [1.54, 1.807) is 0 Å². The molecule has 9 aromatic carbocycles. The van der Waals surface area contributed by atoms with Crippen LogP contribution in [0.1, 0.15) is 0 Å². The molecule has 0 unspecified atom stereocenters. The highest BCUT2D eigenvalue weighted by molar-refractivity contribution is 6.13. The highest BCUT2D eigenvalue weighted by Crippen LogP contribution is 2.39. The van der Waals surface area contributed by atoms with Gasteiger partial charge in [-0.1, -0.05) is 152 Å². The first-order chi connectivity index (χ1) is 29.7. The number of nitrogens with zero attached hydrogens (tertiary/aromatic N) is 5. The Labute approximate surface area is 346 Å². The van der Waals surface area contributed by atoms with Gasteiger partial charge in [-0.2, -0.15) is 0 Å². The third-order valence-corrected chi connectivity index (χ3v) is 11.8. The molecule has 0 saturated carbocycles. The van der Waals surface area contributed by atoms with Crippen molar-refractivity contribution in [2.24, 2.45) is 0 Å². The fourth-order valence-corrected chi connectivity index (χ4v) is 8.94. The number of aromatic nitrogens is 5. The summed E-state index contributed by atoms with van der Waals surface area (Å²) in [5.41, 5.74) is 12.1. The van der Waals surface area contributed by atoms with Crippen molar-refractivity contribution in [2.45, 2.75) is 0 Å². The lowest BCUT2D eigenvalue weighted by atomic mass is 10.0. The maximum Gasteiger partial charge on any atom is 0.164 e. The van der Waals surface area contributed by atoms with Gasteiger partial charge in [-0.05, 0) is 77.2 Å². The minimum Gasteiger partial charge on any atom is -0.309 e. The van der Waals surface area contributed by atoms with Crippen molar-refractivity contribution < 1.29 is 0 Å². The number of hydrogen-bond donors (Lipinski definition) is 0. The van der Waals surface area contributed by atoms with Crippen molar-refractivity contribution in [1.82, 2.24) is 24.1 Å². The third-order valence-electron chi connectivity index (χ3n) is 11.8. The fourth-order valence-electron chi connectivity index (χ4n) is 8.94. The highest BCUT2D eigenvalue weighted by atomic mass is 15.0. The minimum atomic E-state index is 0.635. The van der Waals surface area contributed by atoms with E-state index in [1.807, 2.05) is 60.7 Å². The van der Waals surface area contributed by atoms with Gasteiger partial charge in [0.25, 0.3) is 0 Å². The van der Waals surface area contributed by atoms with Gasteiger partial charge in [-0.3, -0.25) is 0 Å². The summed E-state index contributed by atoms with van der Waals surface area (Å²) in [6.07, 6.45) is 0. The molecule has 0 N–H and O–H groups in total. The van der Waals surface area contributed by atoms with Gasteiger partial charge in [-0.25, -0.2) is 15.0 Å². The van der Waals surface area contributed by atoms with Crippen LogP contribution in [0.15, 0.2) is 212 Å². The summed E-state index contributed by atoms with van der Waals surface area (Å²) in [4.78, 5) is 14.8. The molecular weight excluding hydrogens is 731 g/mol. The zero-order valence-corrected chi connectivity index (χ0v) is 32.4. The summed E-state index contributed by atoms with van der Waals surface area (Å²) in [5, 5.41) is 7.37. The fraction of sp³-hybridized carbons (Fsp3) is 0. The third kappa shape index (κ3) is 5.52. The molecule has 5 heteroatoms. The van der Waals surface area contributed by atoms with E-state index in [9.17, 15) is 0 Å². The van der Waals surface area contributed by atoms with Gasteiger partial charge in [0.15, 0.2) is 17.5 Å². The van der Waals surface area contributed by atoms with Crippen LogP contribution in [0.2, 0.25) is 0 Å². The molecule has 0 aliphatic rings. The number of fused-ring (bicyclic) bond motifs is 7. The first-order valence-corrected chi connectivity index (χ1v) is 20.3. The van der Waals surface area contributed by atoms with E-state index in [2.05, 4.69) is 161 Å². The molecule has 0 bridgehead atoms. The van der Waals surface area contributed by atoms with Gasteiger partial charge in [-0.15, -0.1) is 0 Å². The maximum absolute atomic E-state index is 4.98. The summed E-state index contributed by atoms with van der Waals surface area (Å²) in [6.45, 7) is 0. The van der Waals surface area contributed by atoms with Crippen LogP contribution in [-0.2, 0) is 0 Å². The second kappa shape index (κ2) is 13.8. The quantitative estimate of drug-likeness (QED) is 0.169. The van der Waals surface area contributed by atoms with Gasteiger partial charge >= 0.3 is 0 Å². The molecule has 0 spiro atoms. The SMILES string of the molecule is c1ccc(-c2nc(-c3ccccc3)nc(-c3ccc(-n4c5ccccc5c5ccc(-c6ccc7c(c6)c6ccccc6n7-c6cccc7ccccc67)cc54)cc3)n2)cc1. The van der Waals surface area contributed by atoms with Gasteiger partial charge in [0, 0.05) is 49.3 Å². The summed E-state index contributed by atoms with van der Waals surface area (Å²) in [5.74, 6) is 1.93. The lowest BCUT2D eigenvalue weighted by Gasteiger charge is -2.12. The monoisotopic (exact) mass is 765 g/mol. The van der Waals surface area contributed by atoms with Crippen LogP contribution < -0.4 is 0 Å². The Bertz CT molecular complexity index is 3520. The molecule has 0 aliphatic heterocycles. The largest absolute Gasteiger partial charge is 0.309 e. The van der Waals surface area contributed by atoms with E-state index in [1.165, 1.54) is 60.2 Å². The van der Waals surface area contributed by atoms with Gasteiger partial charge < -0.3 is 9.13 Å². The van der Waals surface area contributed by atoms with Crippen molar-refractivity contribution in [3.63, 3.8) is 0 Å². The highest BCUT2D eigenvalue weighted by Gasteiger charge is 2.18. The van der Waals surface area contributed by atoms with E-state index in [0.717, 1.165) is 33.4 Å². The zero-order chi connectivity index (χ0) is 39.6. The lowest BCUT2D eigenvalue weighted by Crippen LogP contribution is -2.00. The summed E-state index contributed by atoms with van der Waals surface area (Å²) in [6, 6.07) is 75.3. The maximum atomic E-state index is 4.98. The Morgan fingerprint density at radius 1 is 0.267 bits per heavy atom. The first-order valence-electron chi connectivity index (χ1n) is 20.3. The molecule has 3 aromatic heterocycles. The normalized spacial score (nSPS) is 11.7. The second-order valence-electron chi connectivity index (χ2n) is 15.3. The number of rotatable bonds is 6. The smallest absolute Gasteiger partial charge is 0.164 e. The Morgan fingerprint density at radius 3 is 1.42 bits per heavy atom. The number of para-hydroxylation sites is 2. The van der Waals surface area contributed by atoms with Crippen LogP contribution in [-0.4, -0.2) is 24.1 Å². The number of hydrogen-bond acceptors (Lipinski definition) is 3. The first kappa shape index (κ1) is 33.9. The van der Waals surface area contributed by atoms with Crippen LogP contribution in [0.5, 0.6) is 0 Å². The molecule has 5 nitrogen and oxygen atoms in total. The van der Waals surface area contributed by atoms with E-state index < -0.39 is 0 Å². The van der Waals surface area contributed by atoms with Crippen LogP contribution in [0.4, 0.5) is 0 Å². The van der Waals surface area contributed by atoms with Crippen molar-refractivity contribution in [3.8, 4) is 56.7 Å². The van der Waals surface area contributed by atoms with E-state index in [4.69, 9.17) is 15.0 Å². The summed E-state index contributed by atoms with van der Waals surface area (Å²) in [7, 11) is 0. The van der Waals surface area contributed by atoms with Gasteiger partial charge in [0.2, 0.25) is 0 Å².